The van der Waals surface area contributed by atoms with Gasteiger partial charge in [-0.05, 0) is 30.7 Å². The van der Waals surface area contributed by atoms with Crippen molar-refractivity contribution in [1.82, 2.24) is 0 Å². The van der Waals surface area contributed by atoms with Crippen molar-refractivity contribution in [1.29, 1.82) is 0 Å². The average Bonchev–Trinajstić information content (AvgIpc) is 3.36. The van der Waals surface area contributed by atoms with E-state index in [4.69, 9.17) is 4.74 Å². The van der Waals surface area contributed by atoms with Gasteiger partial charge >= 0.3 is 5.97 Å². The maximum Gasteiger partial charge on any atom is 0.323 e. The number of hydrogen-bond donors (Lipinski definition) is 1. The van der Waals surface area contributed by atoms with E-state index in [1.165, 1.54) is 47.3 Å². The zero-order valence-electron chi connectivity index (χ0n) is 19.5. The van der Waals surface area contributed by atoms with Gasteiger partial charge in [-0.2, -0.15) is 4.57 Å². The van der Waals surface area contributed by atoms with Gasteiger partial charge in [0.15, 0.2) is 12.3 Å². The molecule has 0 radical (unpaired) electrons. The standard InChI is InChI=1S/C28H30N2O3S/c1-2-3-4-5-13-20-29-23-15-10-12-17-25(23)34-27(29)19-8-6-7-18-26-30(21-28(31)32)22-14-9-11-16-24(22)33-26/h6-12,14-19H,2-5,13,20-21H2,1H3/p+1. The van der Waals surface area contributed by atoms with Crippen LogP contribution in [0.2, 0.25) is 0 Å². The van der Waals surface area contributed by atoms with E-state index >= 15 is 0 Å². The van der Waals surface area contributed by atoms with Gasteiger partial charge in [0.25, 0.3) is 5.01 Å². The summed E-state index contributed by atoms with van der Waals surface area (Å²) in [7, 11) is 0. The Morgan fingerprint density at radius 3 is 2.68 bits per heavy atom. The minimum absolute atomic E-state index is 0.146. The van der Waals surface area contributed by atoms with E-state index < -0.39 is 5.97 Å². The van der Waals surface area contributed by atoms with Gasteiger partial charge in [-0.1, -0.05) is 80.0 Å². The highest BCUT2D eigenvalue weighted by atomic mass is 32.1. The molecule has 0 spiro atoms. The second kappa shape index (κ2) is 11.7. The molecule has 0 bridgehead atoms. The zero-order valence-corrected chi connectivity index (χ0v) is 20.3. The van der Waals surface area contributed by atoms with Crippen LogP contribution in [-0.2, 0) is 11.3 Å². The Morgan fingerprint density at radius 1 is 1.03 bits per heavy atom. The second-order valence-electron chi connectivity index (χ2n) is 8.27. The van der Waals surface area contributed by atoms with E-state index in [0.29, 0.717) is 11.6 Å². The molecule has 34 heavy (non-hydrogen) atoms. The molecule has 0 aliphatic carbocycles. The third-order valence-electron chi connectivity index (χ3n) is 5.75. The molecule has 6 heteroatoms. The number of fused-ring (bicyclic) bond motifs is 2. The van der Waals surface area contributed by atoms with Gasteiger partial charge in [-0.15, -0.1) is 0 Å². The Balaban J connectivity index is 1.47. The van der Waals surface area contributed by atoms with Crippen LogP contribution in [0.3, 0.4) is 0 Å². The summed E-state index contributed by atoms with van der Waals surface area (Å²) in [6.07, 6.45) is 16.1. The Morgan fingerprint density at radius 2 is 1.82 bits per heavy atom. The molecule has 2 aromatic carbocycles. The minimum Gasteiger partial charge on any atom is -0.480 e. The average molecular weight is 476 g/mol. The smallest absolute Gasteiger partial charge is 0.323 e. The highest BCUT2D eigenvalue weighted by Crippen LogP contribution is 2.38. The van der Waals surface area contributed by atoms with Gasteiger partial charge in [-0.25, -0.2) is 0 Å². The normalized spacial score (nSPS) is 14.5. The molecule has 0 atom stereocenters. The summed E-state index contributed by atoms with van der Waals surface area (Å²) in [6.45, 7) is 3.12. The number of ether oxygens (including phenoxy) is 1. The number of allylic oxidation sites excluding steroid dienone is 4. The molecule has 0 saturated carbocycles. The number of rotatable bonds is 11. The molecule has 5 nitrogen and oxygen atoms in total. The molecule has 1 aromatic heterocycles. The summed E-state index contributed by atoms with van der Waals surface area (Å²) >= 11 is 1.80. The predicted molar refractivity (Wildman–Crippen MR) is 139 cm³/mol. The van der Waals surface area contributed by atoms with Crippen molar-refractivity contribution in [2.45, 2.75) is 45.6 Å². The van der Waals surface area contributed by atoms with Crippen LogP contribution in [0.4, 0.5) is 5.69 Å². The Bertz CT molecular complexity index is 1230. The fourth-order valence-corrected chi connectivity index (χ4v) is 5.20. The fourth-order valence-electron chi connectivity index (χ4n) is 4.10. The van der Waals surface area contributed by atoms with Crippen molar-refractivity contribution < 1.29 is 19.2 Å². The van der Waals surface area contributed by atoms with Crippen molar-refractivity contribution in [3.63, 3.8) is 0 Å². The van der Waals surface area contributed by atoms with Crippen molar-refractivity contribution in [3.05, 3.63) is 83.7 Å². The number of thiazole rings is 1. The van der Waals surface area contributed by atoms with Crippen LogP contribution in [0.1, 0.15) is 44.0 Å². The summed E-state index contributed by atoms with van der Waals surface area (Å²) in [5.74, 6) is 0.278. The molecule has 1 aliphatic heterocycles. The first kappa shape index (κ1) is 23.8. The molecular weight excluding hydrogens is 444 g/mol. The quantitative estimate of drug-likeness (QED) is 0.194. The monoisotopic (exact) mass is 475 g/mol. The van der Waals surface area contributed by atoms with Crippen LogP contribution in [0.15, 0.2) is 78.7 Å². The van der Waals surface area contributed by atoms with Crippen molar-refractivity contribution in [2.24, 2.45) is 0 Å². The topological polar surface area (TPSA) is 53.7 Å². The lowest BCUT2D eigenvalue weighted by Crippen LogP contribution is -2.34. The third-order valence-corrected chi connectivity index (χ3v) is 6.88. The number of carbonyl (C=O) groups is 1. The molecule has 1 N–H and O–H groups in total. The predicted octanol–water partition coefficient (Wildman–Crippen LogP) is 6.55. The maximum absolute atomic E-state index is 11.3. The van der Waals surface area contributed by atoms with Crippen LogP contribution in [0.25, 0.3) is 16.3 Å². The van der Waals surface area contributed by atoms with Gasteiger partial charge in [0, 0.05) is 18.6 Å². The molecule has 2 heterocycles. The second-order valence-corrected chi connectivity index (χ2v) is 9.33. The zero-order chi connectivity index (χ0) is 23.8. The number of para-hydroxylation sites is 3. The third kappa shape index (κ3) is 5.75. The molecule has 3 aromatic rings. The summed E-state index contributed by atoms with van der Waals surface area (Å²) in [5.41, 5.74) is 2.06. The first-order chi connectivity index (χ1) is 16.7. The van der Waals surface area contributed by atoms with Crippen LogP contribution in [0, 0.1) is 0 Å². The molecule has 0 saturated heterocycles. The lowest BCUT2D eigenvalue weighted by Gasteiger charge is -2.14. The van der Waals surface area contributed by atoms with Gasteiger partial charge in [-0.3, -0.25) is 9.69 Å². The summed E-state index contributed by atoms with van der Waals surface area (Å²) in [4.78, 5) is 13.0. The molecule has 176 valence electrons. The van der Waals surface area contributed by atoms with Crippen LogP contribution in [0.5, 0.6) is 5.75 Å². The Kier molecular flexibility index (Phi) is 8.15. The summed E-state index contributed by atoms with van der Waals surface area (Å²) < 4.78 is 9.57. The number of aryl methyl sites for hydroxylation is 1. The van der Waals surface area contributed by atoms with E-state index in [1.54, 1.807) is 22.3 Å². The van der Waals surface area contributed by atoms with E-state index in [9.17, 15) is 9.90 Å². The molecule has 1 aliphatic rings. The van der Waals surface area contributed by atoms with Gasteiger partial charge in [0.1, 0.15) is 11.2 Å². The summed E-state index contributed by atoms with van der Waals surface area (Å²) in [5, 5.41) is 10.5. The van der Waals surface area contributed by atoms with E-state index in [1.807, 2.05) is 42.5 Å². The number of aromatic nitrogens is 1. The number of carboxylic acid groups (broad SMARTS) is 1. The highest BCUT2D eigenvalue weighted by molar-refractivity contribution is 7.18. The number of anilines is 1. The lowest BCUT2D eigenvalue weighted by molar-refractivity contribution is -0.669. The van der Waals surface area contributed by atoms with Crippen LogP contribution < -0.4 is 14.2 Å². The Hall–Kier alpha value is -3.38. The first-order valence-corrected chi connectivity index (χ1v) is 12.7. The van der Waals surface area contributed by atoms with E-state index in [-0.39, 0.29) is 6.54 Å². The number of aliphatic carboxylic acids is 1. The van der Waals surface area contributed by atoms with E-state index in [0.717, 1.165) is 12.2 Å². The molecule has 0 fully saturated rings. The fraction of sp³-hybridized carbons (Fsp3) is 0.286. The maximum atomic E-state index is 11.3. The molecular formula is C28H31N2O3S+. The van der Waals surface area contributed by atoms with Gasteiger partial charge in [0.2, 0.25) is 11.4 Å². The Labute approximate surface area is 204 Å². The number of hydrogen-bond acceptors (Lipinski definition) is 4. The van der Waals surface area contributed by atoms with E-state index in [2.05, 4.69) is 41.8 Å². The largest absolute Gasteiger partial charge is 0.480 e. The first-order valence-electron chi connectivity index (χ1n) is 11.9. The van der Waals surface area contributed by atoms with Crippen LogP contribution in [-0.4, -0.2) is 17.6 Å². The molecule has 0 unspecified atom stereocenters. The van der Waals surface area contributed by atoms with Crippen molar-refractivity contribution in [3.8, 4) is 5.75 Å². The number of carboxylic acids is 1. The van der Waals surface area contributed by atoms with Crippen LogP contribution >= 0.6 is 11.3 Å². The van der Waals surface area contributed by atoms with Gasteiger partial charge in [0.05, 0.1) is 5.69 Å². The SMILES string of the molecule is CCCCCCC[n+]1c(/C=C/C=C/C=C2\Oc3ccccc3N2CC(=O)O)sc2ccccc21. The lowest BCUT2D eigenvalue weighted by atomic mass is 10.1. The minimum atomic E-state index is -0.904. The number of benzene rings is 2. The highest BCUT2D eigenvalue weighted by Gasteiger charge is 2.27. The number of unbranched alkanes of at least 4 members (excludes halogenated alkanes) is 4. The van der Waals surface area contributed by atoms with Gasteiger partial charge < -0.3 is 9.84 Å². The van der Waals surface area contributed by atoms with Crippen molar-refractivity contribution >= 4 is 39.3 Å². The molecule has 4 rings (SSSR count). The summed E-state index contributed by atoms with van der Waals surface area (Å²) in [6, 6.07) is 16.0. The molecule has 0 amide bonds. The van der Waals surface area contributed by atoms with Crippen molar-refractivity contribution in [2.75, 3.05) is 11.4 Å². The number of nitrogens with zero attached hydrogens (tertiary/aromatic N) is 2.